The Morgan fingerprint density at radius 2 is 1.71 bits per heavy atom. The van der Waals surface area contributed by atoms with Gasteiger partial charge in [0.25, 0.3) is 0 Å². The van der Waals surface area contributed by atoms with Crippen LogP contribution in [0.3, 0.4) is 0 Å². The van der Waals surface area contributed by atoms with Crippen molar-refractivity contribution in [3.8, 4) is 11.5 Å². The second-order valence-corrected chi connectivity index (χ2v) is 3.92. The van der Waals surface area contributed by atoms with Crippen LogP contribution in [0.15, 0.2) is 30.3 Å². The molecular formula is C15H18O2. The molecule has 2 rings (SSSR count). The lowest BCUT2D eigenvalue weighted by molar-refractivity contribution is 0.322. The first kappa shape index (κ1) is 11.8. The third-order valence-corrected chi connectivity index (χ3v) is 2.79. The van der Waals surface area contributed by atoms with Crippen molar-refractivity contribution >= 4 is 10.8 Å². The van der Waals surface area contributed by atoms with E-state index in [-0.39, 0.29) is 0 Å². The standard InChI is InChI=1S/C15H18O2/c1-4-16-14-10-12-8-6-7-9-13(12)15(11(14)3)17-5-2/h6-10H,4-5H2,1-3H3. The first-order valence-electron chi connectivity index (χ1n) is 6.05. The zero-order chi connectivity index (χ0) is 12.3. The highest BCUT2D eigenvalue weighted by Gasteiger charge is 2.11. The van der Waals surface area contributed by atoms with Gasteiger partial charge in [-0.1, -0.05) is 24.3 Å². The Morgan fingerprint density at radius 1 is 1.00 bits per heavy atom. The molecule has 0 fully saturated rings. The third kappa shape index (κ3) is 2.21. The van der Waals surface area contributed by atoms with Gasteiger partial charge in [0, 0.05) is 10.9 Å². The van der Waals surface area contributed by atoms with Crippen LogP contribution in [0.4, 0.5) is 0 Å². The van der Waals surface area contributed by atoms with Gasteiger partial charge in [-0.2, -0.15) is 0 Å². The van der Waals surface area contributed by atoms with Crippen LogP contribution >= 0.6 is 0 Å². The summed E-state index contributed by atoms with van der Waals surface area (Å²) in [4.78, 5) is 0. The minimum Gasteiger partial charge on any atom is -0.493 e. The van der Waals surface area contributed by atoms with E-state index in [0.717, 1.165) is 27.8 Å². The van der Waals surface area contributed by atoms with Crippen LogP contribution in [0.5, 0.6) is 11.5 Å². The molecule has 0 aliphatic carbocycles. The summed E-state index contributed by atoms with van der Waals surface area (Å²) in [6, 6.07) is 10.3. The Bertz CT molecular complexity index is 518. The number of fused-ring (bicyclic) bond motifs is 1. The largest absolute Gasteiger partial charge is 0.493 e. The maximum atomic E-state index is 5.76. The summed E-state index contributed by atoms with van der Waals surface area (Å²) in [5.41, 5.74) is 1.08. The molecule has 2 aromatic rings. The summed E-state index contributed by atoms with van der Waals surface area (Å²) in [6.45, 7) is 7.38. The summed E-state index contributed by atoms with van der Waals surface area (Å²) < 4.78 is 11.4. The fourth-order valence-corrected chi connectivity index (χ4v) is 2.03. The summed E-state index contributed by atoms with van der Waals surface area (Å²) in [5.74, 6) is 1.85. The van der Waals surface area contributed by atoms with Gasteiger partial charge < -0.3 is 9.47 Å². The number of rotatable bonds is 4. The molecule has 0 amide bonds. The van der Waals surface area contributed by atoms with Crippen LogP contribution in [0.2, 0.25) is 0 Å². The van der Waals surface area contributed by atoms with Crippen LogP contribution in [0, 0.1) is 6.92 Å². The second kappa shape index (κ2) is 5.09. The molecule has 90 valence electrons. The Labute approximate surface area is 102 Å². The lowest BCUT2D eigenvalue weighted by Gasteiger charge is -2.15. The van der Waals surface area contributed by atoms with E-state index in [1.54, 1.807) is 0 Å². The maximum absolute atomic E-state index is 5.76. The average Bonchev–Trinajstić information content (AvgIpc) is 2.35. The highest BCUT2D eigenvalue weighted by molar-refractivity contribution is 5.91. The van der Waals surface area contributed by atoms with Crippen LogP contribution in [0.1, 0.15) is 19.4 Å². The summed E-state index contributed by atoms with van der Waals surface area (Å²) in [6.07, 6.45) is 0. The Hall–Kier alpha value is -1.70. The van der Waals surface area contributed by atoms with Gasteiger partial charge >= 0.3 is 0 Å². The molecule has 0 atom stereocenters. The molecule has 0 aliphatic rings. The maximum Gasteiger partial charge on any atom is 0.133 e. The summed E-state index contributed by atoms with van der Waals surface area (Å²) in [5, 5.41) is 2.31. The number of ether oxygens (including phenoxy) is 2. The van der Waals surface area contributed by atoms with Crippen molar-refractivity contribution in [2.24, 2.45) is 0 Å². The molecule has 0 heterocycles. The van der Waals surface area contributed by atoms with Crippen molar-refractivity contribution in [3.05, 3.63) is 35.9 Å². The molecule has 0 bridgehead atoms. The molecule has 0 aromatic heterocycles. The molecule has 0 saturated carbocycles. The number of hydrogen-bond donors (Lipinski definition) is 0. The van der Waals surface area contributed by atoms with E-state index >= 15 is 0 Å². The molecule has 2 heteroatoms. The van der Waals surface area contributed by atoms with Crippen LogP contribution in [0.25, 0.3) is 10.8 Å². The predicted octanol–water partition coefficient (Wildman–Crippen LogP) is 3.95. The van der Waals surface area contributed by atoms with E-state index in [9.17, 15) is 0 Å². The number of benzene rings is 2. The molecular weight excluding hydrogens is 212 g/mol. The average molecular weight is 230 g/mol. The molecule has 17 heavy (non-hydrogen) atoms. The zero-order valence-electron chi connectivity index (χ0n) is 10.6. The van der Waals surface area contributed by atoms with Crippen molar-refractivity contribution in [3.63, 3.8) is 0 Å². The highest BCUT2D eigenvalue weighted by Crippen LogP contribution is 2.36. The molecule has 0 unspecified atom stereocenters. The zero-order valence-corrected chi connectivity index (χ0v) is 10.6. The van der Waals surface area contributed by atoms with Gasteiger partial charge in [0.05, 0.1) is 13.2 Å². The first-order chi connectivity index (χ1) is 8.27. The van der Waals surface area contributed by atoms with E-state index in [2.05, 4.69) is 18.2 Å². The fourth-order valence-electron chi connectivity index (χ4n) is 2.03. The molecule has 0 N–H and O–H groups in total. The predicted molar refractivity (Wildman–Crippen MR) is 71.0 cm³/mol. The topological polar surface area (TPSA) is 18.5 Å². The van der Waals surface area contributed by atoms with Gasteiger partial charge in [-0.05, 0) is 32.2 Å². The van der Waals surface area contributed by atoms with Gasteiger partial charge in [0.2, 0.25) is 0 Å². The minimum atomic E-state index is 0.667. The van der Waals surface area contributed by atoms with Crippen LogP contribution < -0.4 is 9.47 Å². The molecule has 0 saturated heterocycles. The highest BCUT2D eigenvalue weighted by atomic mass is 16.5. The van der Waals surface area contributed by atoms with E-state index < -0.39 is 0 Å². The molecule has 2 nitrogen and oxygen atoms in total. The fraction of sp³-hybridized carbons (Fsp3) is 0.333. The SMILES string of the molecule is CCOc1cc2ccccc2c(OCC)c1C. The Morgan fingerprint density at radius 3 is 2.41 bits per heavy atom. The van der Waals surface area contributed by atoms with Crippen molar-refractivity contribution in [2.75, 3.05) is 13.2 Å². The summed E-state index contributed by atoms with van der Waals surface area (Å²) >= 11 is 0. The van der Waals surface area contributed by atoms with Gasteiger partial charge in [-0.3, -0.25) is 0 Å². The normalized spacial score (nSPS) is 10.5. The van der Waals surface area contributed by atoms with Crippen molar-refractivity contribution in [1.29, 1.82) is 0 Å². The van der Waals surface area contributed by atoms with Gasteiger partial charge in [0.15, 0.2) is 0 Å². The Kier molecular flexibility index (Phi) is 3.52. The van der Waals surface area contributed by atoms with E-state index in [1.165, 1.54) is 0 Å². The molecule has 0 spiro atoms. The van der Waals surface area contributed by atoms with Crippen molar-refractivity contribution in [2.45, 2.75) is 20.8 Å². The monoisotopic (exact) mass is 230 g/mol. The minimum absolute atomic E-state index is 0.667. The number of hydrogen-bond acceptors (Lipinski definition) is 2. The van der Waals surface area contributed by atoms with Crippen molar-refractivity contribution in [1.82, 2.24) is 0 Å². The van der Waals surface area contributed by atoms with E-state index in [4.69, 9.17) is 9.47 Å². The van der Waals surface area contributed by atoms with Gasteiger partial charge in [-0.15, -0.1) is 0 Å². The molecule has 2 aromatic carbocycles. The van der Waals surface area contributed by atoms with Crippen LogP contribution in [-0.2, 0) is 0 Å². The van der Waals surface area contributed by atoms with Gasteiger partial charge in [0.1, 0.15) is 11.5 Å². The Balaban J connectivity index is 2.66. The summed E-state index contributed by atoms with van der Waals surface area (Å²) in [7, 11) is 0. The molecule has 0 aliphatic heterocycles. The quantitative estimate of drug-likeness (QED) is 0.792. The lowest BCUT2D eigenvalue weighted by atomic mass is 10.0. The third-order valence-electron chi connectivity index (χ3n) is 2.79. The van der Waals surface area contributed by atoms with Crippen LogP contribution in [-0.4, -0.2) is 13.2 Å². The first-order valence-corrected chi connectivity index (χ1v) is 6.05. The lowest BCUT2D eigenvalue weighted by Crippen LogP contribution is -1.99. The van der Waals surface area contributed by atoms with E-state index in [1.807, 2.05) is 32.9 Å². The van der Waals surface area contributed by atoms with Gasteiger partial charge in [-0.25, -0.2) is 0 Å². The second-order valence-electron chi connectivity index (χ2n) is 3.92. The smallest absolute Gasteiger partial charge is 0.133 e. The van der Waals surface area contributed by atoms with E-state index in [0.29, 0.717) is 13.2 Å². The molecule has 0 radical (unpaired) electrons. The van der Waals surface area contributed by atoms with Crippen molar-refractivity contribution < 1.29 is 9.47 Å².